The lowest BCUT2D eigenvalue weighted by Gasteiger charge is -2.36. The standard InChI is InChI=1S/C32H51N3O/c1-32(21-15-10-8-6-4-2-3-5-7-9-11-16-22-32)33-26-28-19-23-35(24-20-28)27-30-25-31(34-36-30)29-17-13-12-14-18-29/h12-14,17-18,25,28,33H,2-11,15-16,19-24,26-27H2,1H3. The number of hydrogen-bond acceptors (Lipinski definition) is 4. The van der Waals surface area contributed by atoms with Crippen LogP contribution in [0.3, 0.4) is 0 Å². The quantitative estimate of drug-likeness (QED) is 0.439. The van der Waals surface area contributed by atoms with Crippen molar-refractivity contribution < 1.29 is 4.52 Å². The van der Waals surface area contributed by atoms with Gasteiger partial charge >= 0.3 is 0 Å². The first-order valence-electron chi connectivity index (χ1n) is 15.2. The molecule has 4 heteroatoms. The zero-order valence-electron chi connectivity index (χ0n) is 23.0. The van der Waals surface area contributed by atoms with Crippen molar-refractivity contribution in [1.82, 2.24) is 15.4 Å². The molecule has 4 nitrogen and oxygen atoms in total. The number of likely N-dealkylation sites (tertiary alicyclic amines) is 1. The highest BCUT2D eigenvalue weighted by Crippen LogP contribution is 2.26. The van der Waals surface area contributed by atoms with E-state index in [0.29, 0.717) is 5.54 Å². The van der Waals surface area contributed by atoms with Crippen LogP contribution in [0.15, 0.2) is 40.9 Å². The van der Waals surface area contributed by atoms with Gasteiger partial charge < -0.3 is 9.84 Å². The van der Waals surface area contributed by atoms with Gasteiger partial charge in [0.05, 0.1) is 6.54 Å². The summed E-state index contributed by atoms with van der Waals surface area (Å²) in [7, 11) is 0. The topological polar surface area (TPSA) is 41.3 Å². The molecule has 1 N–H and O–H groups in total. The fourth-order valence-electron chi connectivity index (χ4n) is 6.19. The van der Waals surface area contributed by atoms with Gasteiger partial charge in [-0.2, -0.15) is 0 Å². The summed E-state index contributed by atoms with van der Waals surface area (Å²) in [5.41, 5.74) is 2.39. The number of piperidine rings is 1. The minimum atomic E-state index is 0.324. The lowest BCUT2D eigenvalue weighted by atomic mass is 9.86. The van der Waals surface area contributed by atoms with E-state index >= 15 is 0 Å². The molecule has 1 aromatic heterocycles. The summed E-state index contributed by atoms with van der Waals surface area (Å²) in [5.74, 6) is 1.78. The summed E-state index contributed by atoms with van der Waals surface area (Å²) in [4.78, 5) is 2.54. The van der Waals surface area contributed by atoms with E-state index in [1.165, 1.54) is 109 Å². The molecule has 0 amide bonds. The third-order valence-corrected chi connectivity index (χ3v) is 8.74. The molecule has 2 heterocycles. The molecule has 1 aliphatic carbocycles. The van der Waals surface area contributed by atoms with Crippen molar-refractivity contribution >= 4 is 0 Å². The monoisotopic (exact) mass is 493 g/mol. The van der Waals surface area contributed by atoms with Crippen LogP contribution in [0.1, 0.15) is 115 Å². The van der Waals surface area contributed by atoms with Gasteiger partial charge in [0, 0.05) is 17.2 Å². The predicted molar refractivity (Wildman–Crippen MR) is 151 cm³/mol. The molecule has 0 radical (unpaired) electrons. The van der Waals surface area contributed by atoms with Crippen LogP contribution in [0.4, 0.5) is 0 Å². The first-order valence-corrected chi connectivity index (χ1v) is 15.2. The third-order valence-electron chi connectivity index (χ3n) is 8.74. The van der Waals surface area contributed by atoms with Gasteiger partial charge in [-0.1, -0.05) is 113 Å². The van der Waals surface area contributed by atoms with Gasteiger partial charge in [-0.3, -0.25) is 4.90 Å². The molecule has 200 valence electrons. The number of aromatic nitrogens is 1. The largest absolute Gasteiger partial charge is 0.359 e. The van der Waals surface area contributed by atoms with Gasteiger partial charge in [-0.05, 0) is 58.2 Å². The van der Waals surface area contributed by atoms with E-state index in [0.717, 1.165) is 42.6 Å². The number of nitrogens with zero attached hydrogens (tertiary/aromatic N) is 2. The van der Waals surface area contributed by atoms with Gasteiger partial charge in [-0.25, -0.2) is 0 Å². The molecule has 1 aromatic carbocycles. The second-order valence-corrected chi connectivity index (χ2v) is 11.9. The number of rotatable bonds is 6. The van der Waals surface area contributed by atoms with Crippen molar-refractivity contribution in [2.45, 2.75) is 122 Å². The fraction of sp³-hybridized carbons (Fsp3) is 0.719. The zero-order chi connectivity index (χ0) is 24.9. The SMILES string of the molecule is CC1(NCC2CCN(Cc3cc(-c4ccccc4)no3)CC2)CCCCCCCCCCCCCC1. The van der Waals surface area contributed by atoms with Crippen molar-refractivity contribution in [2.75, 3.05) is 19.6 Å². The van der Waals surface area contributed by atoms with E-state index in [-0.39, 0.29) is 0 Å². The summed E-state index contributed by atoms with van der Waals surface area (Å²) in [6.07, 6.45) is 22.5. The molecule has 0 spiro atoms. The van der Waals surface area contributed by atoms with Crippen LogP contribution >= 0.6 is 0 Å². The van der Waals surface area contributed by atoms with Crippen LogP contribution in [-0.2, 0) is 6.54 Å². The molecule has 2 fully saturated rings. The van der Waals surface area contributed by atoms with Crippen molar-refractivity contribution in [3.8, 4) is 11.3 Å². The first-order chi connectivity index (χ1) is 17.7. The maximum absolute atomic E-state index is 5.66. The second-order valence-electron chi connectivity index (χ2n) is 11.9. The Bertz CT molecular complexity index is 824. The molecule has 1 aliphatic heterocycles. The maximum Gasteiger partial charge on any atom is 0.151 e. The number of benzene rings is 1. The van der Waals surface area contributed by atoms with Crippen LogP contribution in [-0.4, -0.2) is 35.2 Å². The average Bonchev–Trinajstić information content (AvgIpc) is 3.37. The molecule has 2 aliphatic rings. The van der Waals surface area contributed by atoms with Crippen LogP contribution < -0.4 is 5.32 Å². The van der Waals surface area contributed by atoms with E-state index in [4.69, 9.17) is 4.52 Å². The van der Waals surface area contributed by atoms with Gasteiger partial charge in [0.15, 0.2) is 5.76 Å². The highest BCUT2D eigenvalue weighted by molar-refractivity contribution is 5.58. The van der Waals surface area contributed by atoms with Crippen molar-refractivity contribution in [3.05, 3.63) is 42.2 Å². The highest BCUT2D eigenvalue weighted by atomic mass is 16.5. The highest BCUT2D eigenvalue weighted by Gasteiger charge is 2.26. The Kier molecular flexibility index (Phi) is 11.4. The number of nitrogens with one attached hydrogen (secondary N) is 1. The molecule has 36 heavy (non-hydrogen) atoms. The molecule has 0 bridgehead atoms. The van der Waals surface area contributed by atoms with Crippen molar-refractivity contribution in [2.24, 2.45) is 5.92 Å². The Hall–Kier alpha value is -1.65. The van der Waals surface area contributed by atoms with Crippen molar-refractivity contribution in [3.63, 3.8) is 0 Å². The van der Waals surface area contributed by atoms with Gasteiger partial charge in [-0.15, -0.1) is 0 Å². The van der Waals surface area contributed by atoms with Crippen LogP contribution in [0.2, 0.25) is 0 Å². The molecule has 0 unspecified atom stereocenters. The predicted octanol–water partition coefficient (Wildman–Crippen LogP) is 8.38. The molecule has 4 rings (SSSR count). The average molecular weight is 494 g/mol. The lowest BCUT2D eigenvalue weighted by Crippen LogP contribution is -2.46. The zero-order valence-corrected chi connectivity index (χ0v) is 23.0. The van der Waals surface area contributed by atoms with E-state index < -0.39 is 0 Å². The van der Waals surface area contributed by atoms with E-state index in [1.807, 2.05) is 6.07 Å². The minimum absolute atomic E-state index is 0.324. The van der Waals surface area contributed by atoms with Gasteiger partial charge in [0.2, 0.25) is 0 Å². The van der Waals surface area contributed by atoms with Gasteiger partial charge in [0.25, 0.3) is 0 Å². The fourth-order valence-corrected chi connectivity index (χ4v) is 6.19. The molecule has 2 aromatic rings. The third kappa shape index (κ3) is 9.34. The Labute approximate surface area is 220 Å². The van der Waals surface area contributed by atoms with E-state index in [9.17, 15) is 0 Å². The molecule has 1 saturated heterocycles. The van der Waals surface area contributed by atoms with E-state index in [2.05, 4.69) is 52.6 Å². The normalized spacial score (nSPS) is 22.0. The van der Waals surface area contributed by atoms with Crippen LogP contribution in [0.25, 0.3) is 11.3 Å². The molecule has 0 atom stereocenters. The Morgan fingerprint density at radius 3 is 1.97 bits per heavy atom. The smallest absolute Gasteiger partial charge is 0.151 e. The first kappa shape index (κ1) is 27.4. The van der Waals surface area contributed by atoms with Gasteiger partial charge in [0.1, 0.15) is 5.69 Å². The Balaban J connectivity index is 1.19. The summed E-state index contributed by atoms with van der Waals surface area (Å²) in [6, 6.07) is 12.4. The van der Waals surface area contributed by atoms with Crippen LogP contribution in [0.5, 0.6) is 0 Å². The summed E-state index contributed by atoms with van der Waals surface area (Å²) in [5, 5.41) is 8.40. The summed E-state index contributed by atoms with van der Waals surface area (Å²) >= 11 is 0. The van der Waals surface area contributed by atoms with Crippen LogP contribution in [0, 0.1) is 5.92 Å². The Morgan fingerprint density at radius 2 is 1.39 bits per heavy atom. The van der Waals surface area contributed by atoms with Crippen molar-refractivity contribution in [1.29, 1.82) is 0 Å². The Morgan fingerprint density at radius 1 is 0.833 bits per heavy atom. The maximum atomic E-state index is 5.66. The second kappa shape index (κ2) is 14.9. The summed E-state index contributed by atoms with van der Waals surface area (Å²) < 4.78 is 5.66. The minimum Gasteiger partial charge on any atom is -0.359 e. The number of hydrogen-bond donors (Lipinski definition) is 1. The molecular weight excluding hydrogens is 442 g/mol. The lowest BCUT2D eigenvalue weighted by molar-refractivity contribution is 0.151. The van der Waals surface area contributed by atoms with E-state index in [1.54, 1.807) is 0 Å². The molecular formula is C32H51N3O. The molecule has 1 saturated carbocycles. The summed E-state index contributed by atoms with van der Waals surface area (Å²) in [6.45, 7) is 6.89.